The van der Waals surface area contributed by atoms with E-state index in [9.17, 15) is 0 Å². The Morgan fingerprint density at radius 3 is 2.26 bits per heavy atom. The number of unbranched alkanes of at least 4 members (excludes halogenated alkanes) is 4. The second kappa shape index (κ2) is 9.55. The highest BCUT2D eigenvalue weighted by Gasteiger charge is 2.08. The number of hydrogen-bond acceptors (Lipinski definition) is 1. The van der Waals surface area contributed by atoms with Gasteiger partial charge in [0.1, 0.15) is 0 Å². The van der Waals surface area contributed by atoms with Crippen molar-refractivity contribution in [3.8, 4) is 0 Å². The highest BCUT2D eigenvalue weighted by atomic mass is 79.9. The van der Waals surface area contributed by atoms with Crippen LogP contribution in [-0.4, -0.2) is 6.04 Å². The minimum atomic E-state index is 0.429. The molecule has 2 atom stereocenters. The van der Waals surface area contributed by atoms with Crippen LogP contribution in [0.2, 0.25) is 0 Å². The van der Waals surface area contributed by atoms with Gasteiger partial charge in [0.2, 0.25) is 0 Å². The fourth-order valence-electron chi connectivity index (χ4n) is 2.41. The Morgan fingerprint density at radius 2 is 1.63 bits per heavy atom. The molecule has 0 aliphatic carbocycles. The Bertz CT molecular complexity index is 334. The second-order valence-electron chi connectivity index (χ2n) is 5.54. The summed E-state index contributed by atoms with van der Waals surface area (Å²) in [5.74, 6) is 0. The van der Waals surface area contributed by atoms with E-state index >= 15 is 0 Å². The van der Waals surface area contributed by atoms with Crippen molar-refractivity contribution < 1.29 is 0 Å². The highest BCUT2D eigenvalue weighted by Crippen LogP contribution is 2.18. The molecule has 1 aromatic rings. The van der Waals surface area contributed by atoms with Crippen molar-refractivity contribution in [1.82, 2.24) is 5.32 Å². The summed E-state index contributed by atoms with van der Waals surface area (Å²) in [5, 5.41) is 3.69. The molecule has 0 spiro atoms. The Morgan fingerprint density at radius 1 is 1.00 bits per heavy atom. The first kappa shape index (κ1) is 16.7. The lowest BCUT2D eigenvalue weighted by Crippen LogP contribution is -2.28. The van der Waals surface area contributed by atoms with E-state index in [0.717, 1.165) is 4.47 Å². The molecular formula is C17H28BrN. The van der Waals surface area contributed by atoms with Gasteiger partial charge >= 0.3 is 0 Å². The van der Waals surface area contributed by atoms with Gasteiger partial charge in [-0.15, -0.1) is 0 Å². The summed E-state index contributed by atoms with van der Waals surface area (Å²) in [6.07, 6.45) is 8.12. The van der Waals surface area contributed by atoms with Crippen LogP contribution in [0.15, 0.2) is 28.7 Å². The molecule has 108 valence electrons. The first-order valence-corrected chi connectivity index (χ1v) is 8.44. The summed E-state index contributed by atoms with van der Waals surface area (Å²) in [5.41, 5.74) is 1.36. The van der Waals surface area contributed by atoms with Crippen LogP contribution in [0.1, 0.15) is 70.9 Å². The first-order valence-electron chi connectivity index (χ1n) is 7.65. The molecule has 0 saturated carbocycles. The summed E-state index contributed by atoms with van der Waals surface area (Å²) in [6.45, 7) is 6.82. The zero-order valence-electron chi connectivity index (χ0n) is 12.6. The average molecular weight is 326 g/mol. The van der Waals surface area contributed by atoms with E-state index in [4.69, 9.17) is 0 Å². The van der Waals surface area contributed by atoms with Gasteiger partial charge in [0, 0.05) is 16.6 Å². The van der Waals surface area contributed by atoms with Crippen molar-refractivity contribution in [2.24, 2.45) is 0 Å². The molecule has 1 N–H and O–H groups in total. The van der Waals surface area contributed by atoms with Gasteiger partial charge in [0.05, 0.1) is 0 Å². The molecular weight excluding hydrogens is 298 g/mol. The highest BCUT2D eigenvalue weighted by molar-refractivity contribution is 9.10. The molecule has 0 bridgehead atoms. The monoisotopic (exact) mass is 325 g/mol. The van der Waals surface area contributed by atoms with E-state index < -0.39 is 0 Å². The van der Waals surface area contributed by atoms with Crippen molar-refractivity contribution in [2.75, 3.05) is 0 Å². The van der Waals surface area contributed by atoms with Crippen molar-refractivity contribution in [1.29, 1.82) is 0 Å². The van der Waals surface area contributed by atoms with Crippen molar-refractivity contribution >= 4 is 15.9 Å². The maximum atomic E-state index is 3.69. The molecule has 2 heteroatoms. The maximum Gasteiger partial charge on any atom is 0.0294 e. The normalized spacial score (nSPS) is 14.3. The number of benzene rings is 1. The number of halogens is 1. The summed E-state index contributed by atoms with van der Waals surface area (Å²) >= 11 is 3.48. The Kier molecular flexibility index (Phi) is 8.40. The third kappa shape index (κ3) is 7.12. The lowest BCUT2D eigenvalue weighted by molar-refractivity contribution is 0.436. The summed E-state index contributed by atoms with van der Waals surface area (Å²) in [7, 11) is 0. The lowest BCUT2D eigenvalue weighted by atomic mass is 10.0. The predicted octanol–water partition coefficient (Wildman–Crippen LogP) is 5.85. The van der Waals surface area contributed by atoms with E-state index in [2.05, 4.69) is 66.3 Å². The summed E-state index contributed by atoms with van der Waals surface area (Å²) in [6, 6.07) is 9.64. The molecule has 0 fully saturated rings. The third-order valence-corrected chi connectivity index (χ3v) is 4.17. The summed E-state index contributed by atoms with van der Waals surface area (Å²) in [4.78, 5) is 0. The SMILES string of the molecule is CCCCCCCC(C)NC(C)c1ccc(Br)cc1. The third-order valence-electron chi connectivity index (χ3n) is 3.65. The van der Waals surface area contributed by atoms with Gasteiger partial charge in [0.15, 0.2) is 0 Å². The van der Waals surface area contributed by atoms with Crippen LogP contribution < -0.4 is 5.32 Å². The molecule has 0 heterocycles. The largest absolute Gasteiger partial charge is 0.308 e. The molecule has 0 radical (unpaired) electrons. The molecule has 0 aromatic heterocycles. The van der Waals surface area contributed by atoms with Gasteiger partial charge in [-0.3, -0.25) is 0 Å². The minimum Gasteiger partial charge on any atom is -0.308 e. The second-order valence-corrected chi connectivity index (χ2v) is 6.46. The smallest absolute Gasteiger partial charge is 0.0294 e. The van der Waals surface area contributed by atoms with Gasteiger partial charge in [-0.2, -0.15) is 0 Å². The average Bonchev–Trinajstić information content (AvgIpc) is 2.39. The Balaban J connectivity index is 2.23. The van der Waals surface area contributed by atoms with E-state index in [1.807, 2.05) is 0 Å². The van der Waals surface area contributed by atoms with Crippen LogP contribution in [0.5, 0.6) is 0 Å². The van der Waals surface area contributed by atoms with E-state index in [0.29, 0.717) is 12.1 Å². The molecule has 1 aromatic carbocycles. The fourth-order valence-corrected chi connectivity index (χ4v) is 2.68. The topological polar surface area (TPSA) is 12.0 Å². The van der Waals surface area contributed by atoms with Gasteiger partial charge < -0.3 is 5.32 Å². The molecule has 2 unspecified atom stereocenters. The van der Waals surface area contributed by atoms with Crippen LogP contribution >= 0.6 is 15.9 Å². The first-order chi connectivity index (χ1) is 9.13. The zero-order chi connectivity index (χ0) is 14.1. The van der Waals surface area contributed by atoms with Crippen LogP contribution in [0.25, 0.3) is 0 Å². The van der Waals surface area contributed by atoms with Crippen LogP contribution in [0.3, 0.4) is 0 Å². The zero-order valence-corrected chi connectivity index (χ0v) is 14.2. The standard InChI is InChI=1S/C17H28BrN/c1-4-5-6-7-8-9-14(2)19-15(3)16-10-12-17(18)13-11-16/h10-15,19H,4-9H2,1-3H3. The van der Waals surface area contributed by atoms with Gasteiger partial charge in [-0.1, -0.05) is 67.1 Å². The van der Waals surface area contributed by atoms with Crippen LogP contribution in [-0.2, 0) is 0 Å². The molecule has 0 amide bonds. The summed E-state index contributed by atoms with van der Waals surface area (Å²) < 4.78 is 1.15. The minimum absolute atomic E-state index is 0.429. The molecule has 1 nitrogen and oxygen atoms in total. The number of hydrogen-bond donors (Lipinski definition) is 1. The number of rotatable bonds is 9. The van der Waals surface area contributed by atoms with Gasteiger partial charge in [-0.25, -0.2) is 0 Å². The van der Waals surface area contributed by atoms with Crippen molar-refractivity contribution in [3.63, 3.8) is 0 Å². The van der Waals surface area contributed by atoms with Crippen molar-refractivity contribution in [3.05, 3.63) is 34.3 Å². The van der Waals surface area contributed by atoms with Crippen molar-refractivity contribution in [2.45, 2.75) is 71.4 Å². The predicted molar refractivity (Wildman–Crippen MR) is 88.5 cm³/mol. The molecule has 0 saturated heterocycles. The van der Waals surface area contributed by atoms with Crippen LogP contribution in [0.4, 0.5) is 0 Å². The van der Waals surface area contributed by atoms with Gasteiger partial charge in [0.25, 0.3) is 0 Å². The van der Waals surface area contributed by atoms with E-state index in [1.54, 1.807) is 0 Å². The molecule has 0 aliphatic heterocycles. The quantitative estimate of drug-likeness (QED) is 0.561. The van der Waals surface area contributed by atoms with E-state index in [-0.39, 0.29) is 0 Å². The van der Waals surface area contributed by atoms with Gasteiger partial charge in [-0.05, 0) is 38.0 Å². The molecule has 1 rings (SSSR count). The Hall–Kier alpha value is -0.340. The lowest BCUT2D eigenvalue weighted by Gasteiger charge is -2.20. The Labute approximate surface area is 127 Å². The maximum absolute atomic E-state index is 3.69. The molecule has 19 heavy (non-hydrogen) atoms. The van der Waals surface area contributed by atoms with Crippen LogP contribution in [0, 0.1) is 0 Å². The molecule has 0 aliphatic rings. The van der Waals surface area contributed by atoms with E-state index in [1.165, 1.54) is 44.1 Å². The number of nitrogens with one attached hydrogen (secondary N) is 1. The fraction of sp³-hybridized carbons (Fsp3) is 0.647.